The molecule has 0 aliphatic rings. The lowest BCUT2D eigenvalue weighted by Crippen LogP contribution is -2.13. The Morgan fingerprint density at radius 2 is 1.86 bits per heavy atom. The molecule has 0 radical (unpaired) electrons. The topological polar surface area (TPSA) is 83.5 Å². The van der Waals surface area contributed by atoms with Crippen molar-refractivity contribution in [1.29, 1.82) is 0 Å². The summed E-state index contributed by atoms with van der Waals surface area (Å²) in [5, 5.41) is 16.0. The number of para-hydroxylation sites is 1. The van der Waals surface area contributed by atoms with Crippen LogP contribution in [0.3, 0.4) is 0 Å². The maximum Gasteiger partial charge on any atom is 0.219 e. The van der Waals surface area contributed by atoms with E-state index in [1.54, 1.807) is 16.9 Å². The van der Waals surface area contributed by atoms with Crippen LogP contribution >= 0.6 is 0 Å². The van der Waals surface area contributed by atoms with Crippen molar-refractivity contribution in [3.05, 3.63) is 60.6 Å². The standard InChI is InChI=1S/C14H11N7O/c1-2-5-12(6-3-1)20-9-11(16-18-20)10-22-21-14-13(17-19-21)7-4-8-15-14/h1-9H,10H2. The average molecular weight is 293 g/mol. The second kappa shape index (κ2) is 5.24. The van der Waals surface area contributed by atoms with Crippen LogP contribution in [0, 0.1) is 0 Å². The Morgan fingerprint density at radius 1 is 0.955 bits per heavy atom. The summed E-state index contributed by atoms with van der Waals surface area (Å²) in [6, 6.07) is 13.4. The average Bonchev–Trinajstić information content (AvgIpc) is 3.21. The van der Waals surface area contributed by atoms with E-state index in [2.05, 4.69) is 25.6 Å². The Hall–Kier alpha value is -3.29. The van der Waals surface area contributed by atoms with Crippen LogP contribution in [0.5, 0.6) is 0 Å². The largest absolute Gasteiger partial charge is 0.387 e. The maximum absolute atomic E-state index is 5.56. The second-order valence-corrected chi connectivity index (χ2v) is 4.57. The molecule has 8 nitrogen and oxygen atoms in total. The van der Waals surface area contributed by atoms with E-state index in [1.807, 2.05) is 42.6 Å². The zero-order chi connectivity index (χ0) is 14.8. The normalized spacial score (nSPS) is 10.9. The molecular weight excluding hydrogens is 282 g/mol. The van der Waals surface area contributed by atoms with Gasteiger partial charge < -0.3 is 4.84 Å². The number of aromatic nitrogens is 7. The highest BCUT2D eigenvalue weighted by molar-refractivity contribution is 5.68. The lowest BCUT2D eigenvalue weighted by molar-refractivity contribution is 0.0718. The van der Waals surface area contributed by atoms with Crippen LogP contribution in [0.1, 0.15) is 5.69 Å². The number of nitrogens with zero attached hydrogens (tertiary/aromatic N) is 7. The van der Waals surface area contributed by atoms with E-state index in [4.69, 9.17) is 4.84 Å². The molecule has 0 fully saturated rings. The fourth-order valence-corrected chi connectivity index (χ4v) is 2.03. The maximum atomic E-state index is 5.56. The molecule has 0 atom stereocenters. The molecule has 0 aliphatic carbocycles. The van der Waals surface area contributed by atoms with Gasteiger partial charge in [-0.05, 0) is 29.5 Å². The van der Waals surface area contributed by atoms with Gasteiger partial charge in [0, 0.05) is 6.20 Å². The third-order valence-electron chi connectivity index (χ3n) is 3.08. The van der Waals surface area contributed by atoms with Crippen LogP contribution in [-0.2, 0) is 6.61 Å². The van der Waals surface area contributed by atoms with Crippen molar-refractivity contribution in [2.45, 2.75) is 6.61 Å². The van der Waals surface area contributed by atoms with Gasteiger partial charge >= 0.3 is 0 Å². The van der Waals surface area contributed by atoms with Crippen molar-refractivity contribution in [1.82, 2.24) is 35.1 Å². The first-order chi connectivity index (χ1) is 10.9. The molecule has 3 heterocycles. The van der Waals surface area contributed by atoms with Crippen LogP contribution in [0.2, 0.25) is 0 Å². The van der Waals surface area contributed by atoms with Crippen molar-refractivity contribution < 1.29 is 4.84 Å². The quantitative estimate of drug-likeness (QED) is 0.559. The Labute approximate surface area is 124 Å². The summed E-state index contributed by atoms with van der Waals surface area (Å²) in [6.45, 7) is 0.224. The van der Waals surface area contributed by atoms with Gasteiger partial charge in [0.15, 0.2) is 6.61 Å². The minimum Gasteiger partial charge on any atom is -0.387 e. The molecule has 0 amide bonds. The SMILES string of the molecule is c1ccc(-n2cc(COn3nnc4cccnc43)nn2)cc1. The summed E-state index contributed by atoms with van der Waals surface area (Å²) in [6.07, 6.45) is 3.47. The first kappa shape index (κ1) is 12.5. The molecule has 0 bridgehead atoms. The predicted molar refractivity (Wildman–Crippen MR) is 77.0 cm³/mol. The third kappa shape index (κ3) is 2.26. The number of hydrogen-bond acceptors (Lipinski definition) is 6. The van der Waals surface area contributed by atoms with E-state index >= 15 is 0 Å². The molecular formula is C14H11N7O. The fourth-order valence-electron chi connectivity index (χ4n) is 2.03. The Bertz CT molecular complexity index is 900. The van der Waals surface area contributed by atoms with Gasteiger partial charge in [0.25, 0.3) is 0 Å². The van der Waals surface area contributed by atoms with E-state index in [0.29, 0.717) is 16.9 Å². The van der Waals surface area contributed by atoms with Gasteiger partial charge in [-0.2, -0.15) is 0 Å². The number of fused-ring (bicyclic) bond motifs is 1. The van der Waals surface area contributed by atoms with Crippen molar-refractivity contribution >= 4 is 11.2 Å². The molecule has 0 unspecified atom stereocenters. The summed E-state index contributed by atoms with van der Waals surface area (Å²) in [4.78, 5) is 11.0. The minimum atomic E-state index is 0.224. The summed E-state index contributed by atoms with van der Waals surface area (Å²) in [7, 11) is 0. The van der Waals surface area contributed by atoms with Gasteiger partial charge in [-0.25, -0.2) is 9.67 Å². The van der Waals surface area contributed by atoms with Gasteiger partial charge in [-0.15, -0.1) is 10.2 Å². The van der Waals surface area contributed by atoms with Crippen molar-refractivity contribution in [3.8, 4) is 5.69 Å². The fraction of sp³-hybridized carbons (Fsp3) is 0.0714. The Balaban J connectivity index is 1.52. The van der Waals surface area contributed by atoms with Crippen molar-refractivity contribution in [3.63, 3.8) is 0 Å². The second-order valence-electron chi connectivity index (χ2n) is 4.57. The van der Waals surface area contributed by atoms with Crippen LogP contribution in [-0.4, -0.2) is 35.1 Å². The van der Waals surface area contributed by atoms with E-state index < -0.39 is 0 Å². The van der Waals surface area contributed by atoms with Gasteiger partial charge in [0.05, 0.1) is 11.9 Å². The molecule has 8 heteroatoms. The summed E-state index contributed by atoms with van der Waals surface area (Å²) < 4.78 is 1.69. The number of rotatable bonds is 4. The predicted octanol–water partition coefficient (Wildman–Crippen LogP) is 1.04. The van der Waals surface area contributed by atoms with Crippen LogP contribution < -0.4 is 4.84 Å². The first-order valence-corrected chi connectivity index (χ1v) is 6.66. The molecule has 3 aromatic heterocycles. The van der Waals surface area contributed by atoms with Gasteiger partial charge in [0.2, 0.25) is 5.65 Å². The smallest absolute Gasteiger partial charge is 0.219 e. The summed E-state index contributed by atoms with van der Waals surface area (Å²) in [5.74, 6) is 0. The van der Waals surface area contributed by atoms with Gasteiger partial charge in [-0.3, -0.25) is 0 Å². The molecule has 1 aromatic carbocycles. The Kier molecular flexibility index (Phi) is 2.97. The van der Waals surface area contributed by atoms with E-state index in [0.717, 1.165) is 5.69 Å². The number of hydrogen-bond donors (Lipinski definition) is 0. The van der Waals surface area contributed by atoms with Gasteiger partial charge in [0.1, 0.15) is 11.2 Å². The zero-order valence-electron chi connectivity index (χ0n) is 11.4. The van der Waals surface area contributed by atoms with Crippen LogP contribution in [0.4, 0.5) is 0 Å². The Morgan fingerprint density at radius 3 is 2.77 bits per heavy atom. The highest BCUT2D eigenvalue weighted by atomic mass is 16.7. The van der Waals surface area contributed by atoms with Crippen LogP contribution in [0.15, 0.2) is 54.9 Å². The summed E-state index contributed by atoms with van der Waals surface area (Å²) >= 11 is 0. The molecule has 0 N–H and O–H groups in total. The monoisotopic (exact) mass is 293 g/mol. The zero-order valence-corrected chi connectivity index (χ0v) is 11.4. The lowest BCUT2D eigenvalue weighted by atomic mass is 10.3. The molecule has 22 heavy (non-hydrogen) atoms. The number of pyridine rings is 1. The highest BCUT2D eigenvalue weighted by Gasteiger charge is 2.08. The lowest BCUT2D eigenvalue weighted by Gasteiger charge is -2.01. The molecule has 4 rings (SSSR count). The third-order valence-corrected chi connectivity index (χ3v) is 3.08. The molecule has 4 aromatic rings. The van der Waals surface area contributed by atoms with Crippen molar-refractivity contribution in [2.24, 2.45) is 0 Å². The number of benzene rings is 1. The first-order valence-electron chi connectivity index (χ1n) is 6.66. The summed E-state index contributed by atoms with van der Waals surface area (Å²) in [5.41, 5.74) is 2.87. The molecule has 108 valence electrons. The van der Waals surface area contributed by atoms with Crippen LogP contribution in [0.25, 0.3) is 16.9 Å². The molecule has 0 saturated carbocycles. The molecule has 0 saturated heterocycles. The van der Waals surface area contributed by atoms with Gasteiger partial charge in [-0.1, -0.05) is 28.3 Å². The molecule has 0 spiro atoms. The highest BCUT2D eigenvalue weighted by Crippen LogP contribution is 2.07. The molecule has 0 aliphatic heterocycles. The van der Waals surface area contributed by atoms with Crippen molar-refractivity contribution in [2.75, 3.05) is 0 Å². The van der Waals surface area contributed by atoms with E-state index in [1.165, 1.54) is 4.85 Å². The van der Waals surface area contributed by atoms with E-state index in [-0.39, 0.29) is 6.61 Å². The minimum absolute atomic E-state index is 0.224. The van der Waals surface area contributed by atoms with E-state index in [9.17, 15) is 0 Å².